The van der Waals surface area contributed by atoms with E-state index in [-0.39, 0.29) is 17.5 Å². The maximum Gasteiger partial charge on any atom is 0.254 e. The van der Waals surface area contributed by atoms with E-state index in [0.717, 1.165) is 19.3 Å². The summed E-state index contributed by atoms with van der Waals surface area (Å²) in [6.07, 6.45) is 4.49. The first-order valence-electron chi connectivity index (χ1n) is 7.31. The zero-order valence-electron chi connectivity index (χ0n) is 11.8. The molecule has 1 aliphatic heterocycles. The van der Waals surface area contributed by atoms with Crippen molar-refractivity contribution in [2.75, 3.05) is 6.54 Å². The fraction of sp³-hybridized carbons (Fsp3) is 0.294. The molecule has 1 aromatic carbocycles. The van der Waals surface area contributed by atoms with Gasteiger partial charge in [-0.3, -0.25) is 9.59 Å². The smallest absolute Gasteiger partial charge is 0.254 e. The molecule has 0 spiro atoms. The van der Waals surface area contributed by atoms with Crippen LogP contribution in [-0.2, 0) is 0 Å². The molecule has 0 radical (unpaired) electrons. The number of benzene rings is 1. The molecule has 3 rings (SSSR count). The standard InChI is InChI=1S/C17H18N2O2/c20-16-14(9-6-11-18-16)15-10-4-5-12-19(15)17(21)13-7-2-1-3-8-13/h1-3,6-9,11,15H,4-5,10,12H2,(H,18,20)/t15-/m1/s1. The zero-order valence-corrected chi connectivity index (χ0v) is 11.8. The minimum Gasteiger partial charge on any atom is -0.331 e. The van der Waals surface area contributed by atoms with Crippen LogP contribution in [0.5, 0.6) is 0 Å². The summed E-state index contributed by atoms with van der Waals surface area (Å²) in [7, 11) is 0. The number of hydrogen-bond donors (Lipinski definition) is 1. The predicted octanol–water partition coefficient (Wildman–Crippen LogP) is 2.74. The molecule has 0 unspecified atom stereocenters. The number of aromatic nitrogens is 1. The molecule has 1 N–H and O–H groups in total. The van der Waals surface area contributed by atoms with Crippen LogP contribution in [0.3, 0.4) is 0 Å². The van der Waals surface area contributed by atoms with E-state index < -0.39 is 0 Å². The van der Waals surface area contributed by atoms with E-state index >= 15 is 0 Å². The Morgan fingerprint density at radius 2 is 1.90 bits per heavy atom. The average molecular weight is 282 g/mol. The summed E-state index contributed by atoms with van der Waals surface area (Å²) in [6, 6.07) is 12.8. The van der Waals surface area contributed by atoms with Gasteiger partial charge >= 0.3 is 0 Å². The molecule has 0 saturated carbocycles. The lowest BCUT2D eigenvalue weighted by molar-refractivity contribution is 0.0610. The number of carbonyl (C=O) groups is 1. The summed E-state index contributed by atoms with van der Waals surface area (Å²) in [5, 5.41) is 0. The second-order valence-electron chi connectivity index (χ2n) is 5.33. The van der Waals surface area contributed by atoms with Crippen LogP contribution in [0.15, 0.2) is 53.5 Å². The van der Waals surface area contributed by atoms with E-state index in [1.165, 1.54) is 0 Å². The Morgan fingerprint density at radius 3 is 2.67 bits per heavy atom. The van der Waals surface area contributed by atoms with Gasteiger partial charge in [0, 0.05) is 23.9 Å². The highest BCUT2D eigenvalue weighted by Gasteiger charge is 2.29. The van der Waals surface area contributed by atoms with Gasteiger partial charge in [0.05, 0.1) is 6.04 Å². The van der Waals surface area contributed by atoms with Gasteiger partial charge in [0.15, 0.2) is 0 Å². The minimum absolute atomic E-state index is 0.00329. The van der Waals surface area contributed by atoms with Gasteiger partial charge < -0.3 is 9.88 Å². The summed E-state index contributed by atoms with van der Waals surface area (Å²) in [5.74, 6) is 0.00329. The minimum atomic E-state index is -0.128. The van der Waals surface area contributed by atoms with Crippen LogP contribution in [0.1, 0.15) is 41.2 Å². The molecule has 1 saturated heterocycles. The number of pyridine rings is 1. The SMILES string of the molecule is O=C(c1ccccc1)N1CCCC[C@@H]1c1ccc[nH]c1=O. The lowest BCUT2D eigenvalue weighted by atomic mass is 9.95. The number of nitrogens with zero attached hydrogens (tertiary/aromatic N) is 1. The predicted molar refractivity (Wildman–Crippen MR) is 81.1 cm³/mol. The van der Waals surface area contributed by atoms with Crippen LogP contribution in [0.4, 0.5) is 0 Å². The summed E-state index contributed by atoms with van der Waals surface area (Å²) in [5.41, 5.74) is 1.26. The van der Waals surface area contributed by atoms with Crippen molar-refractivity contribution in [3.63, 3.8) is 0 Å². The Morgan fingerprint density at radius 1 is 1.10 bits per heavy atom. The van der Waals surface area contributed by atoms with E-state index in [1.54, 1.807) is 6.20 Å². The number of hydrogen-bond acceptors (Lipinski definition) is 2. The second kappa shape index (κ2) is 5.95. The largest absolute Gasteiger partial charge is 0.331 e. The molecule has 108 valence electrons. The van der Waals surface area contributed by atoms with E-state index in [2.05, 4.69) is 4.98 Å². The third-order valence-electron chi connectivity index (χ3n) is 3.99. The highest BCUT2D eigenvalue weighted by atomic mass is 16.2. The van der Waals surface area contributed by atoms with E-state index in [4.69, 9.17) is 0 Å². The van der Waals surface area contributed by atoms with Gasteiger partial charge in [-0.1, -0.05) is 18.2 Å². The number of piperidine rings is 1. The van der Waals surface area contributed by atoms with Crippen LogP contribution in [0, 0.1) is 0 Å². The van der Waals surface area contributed by atoms with Crippen molar-refractivity contribution in [2.24, 2.45) is 0 Å². The molecule has 1 amide bonds. The molecule has 4 heteroatoms. The first-order valence-corrected chi connectivity index (χ1v) is 7.31. The third-order valence-corrected chi connectivity index (χ3v) is 3.99. The van der Waals surface area contributed by atoms with Gasteiger partial charge in [-0.25, -0.2) is 0 Å². The lowest BCUT2D eigenvalue weighted by Gasteiger charge is -2.35. The van der Waals surface area contributed by atoms with Crippen molar-refractivity contribution >= 4 is 5.91 Å². The number of rotatable bonds is 2. The second-order valence-corrected chi connectivity index (χ2v) is 5.33. The highest BCUT2D eigenvalue weighted by molar-refractivity contribution is 5.94. The molecule has 21 heavy (non-hydrogen) atoms. The van der Waals surface area contributed by atoms with Crippen molar-refractivity contribution in [3.05, 3.63) is 70.1 Å². The van der Waals surface area contributed by atoms with Crippen molar-refractivity contribution < 1.29 is 4.79 Å². The molecule has 2 aromatic rings. The van der Waals surface area contributed by atoms with Crippen molar-refractivity contribution in [2.45, 2.75) is 25.3 Å². The highest BCUT2D eigenvalue weighted by Crippen LogP contribution is 2.30. The molecule has 1 aliphatic rings. The normalized spacial score (nSPS) is 18.5. The number of H-pyrrole nitrogens is 1. The first kappa shape index (κ1) is 13.6. The summed E-state index contributed by atoms with van der Waals surface area (Å²) < 4.78 is 0. The zero-order chi connectivity index (χ0) is 14.7. The molecule has 1 aromatic heterocycles. The Bertz CT molecular complexity index is 678. The fourth-order valence-electron chi connectivity index (χ4n) is 2.94. The Kier molecular flexibility index (Phi) is 3.86. The number of nitrogens with one attached hydrogen (secondary N) is 1. The Hall–Kier alpha value is -2.36. The van der Waals surface area contributed by atoms with E-state index in [1.807, 2.05) is 47.4 Å². The maximum absolute atomic E-state index is 12.7. The van der Waals surface area contributed by atoms with Gasteiger partial charge in [0.2, 0.25) is 0 Å². The van der Waals surface area contributed by atoms with E-state index in [9.17, 15) is 9.59 Å². The molecular formula is C17H18N2O2. The Balaban J connectivity index is 1.94. The first-order chi connectivity index (χ1) is 10.3. The molecule has 1 atom stereocenters. The number of aromatic amines is 1. The van der Waals surface area contributed by atoms with Crippen LogP contribution in [-0.4, -0.2) is 22.3 Å². The monoisotopic (exact) mass is 282 g/mol. The molecule has 0 bridgehead atoms. The van der Waals surface area contributed by atoms with Gasteiger partial charge in [0.1, 0.15) is 0 Å². The van der Waals surface area contributed by atoms with Crippen LogP contribution < -0.4 is 5.56 Å². The molecular weight excluding hydrogens is 264 g/mol. The van der Waals surface area contributed by atoms with E-state index in [0.29, 0.717) is 17.7 Å². The van der Waals surface area contributed by atoms with Crippen LogP contribution in [0.25, 0.3) is 0 Å². The fourth-order valence-corrected chi connectivity index (χ4v) is 2.94. The molecule has 4 nitrogen and oxygen atoms in total. The quantitative estimate of drug-likeness (QED) is 0.920. The summed E-state index contributed by atoms with van der Waals surface area (Å²) in [6.45, 7) is 0.701. The topological polar surface area (TPSA) is 53.2 Å². The average Bonchev–Trinajstić information content (AvgIpc) is 2.55. The number of amides is 1. The lowest BCUT2D eigenvalue weighted by Crippen LogP contribution is -2.40. The van der Waals surface area contributed by atoms with Crippen LogP contribution >= 0.6 is 0 Å². The van der Waals surface area contributed by atoms with Gasteiger partial charge in [-0.2, -0.15) is 0 Å². The van der Waals surface area contributed by atoms with Gasteiger partial charge in [-0.15, -0.1) is 0 Å². The molecule has 1 fully saturated rings. The molecule has 0 aliphatic carbocycles. The number of carbonyl (C=O) groups excluding carboxylic acids is 1. The maximum atomic E-state index is 12.7. The van der Waals surface area contributed by atoms with Gasteiger partial charge in [-0.05, 0) is 43.5 Å². The number of likely N-dealkylation sites (tertiary alicyclic amines) is 1. The summed E-state index contributed by atoms with van der Waals surface area (Å²) in [4.78, 5) is 29.3. The third kappa shape index (κ3) is 2.75. The van der Waals surface area contributed by atoms with Gasteiger partial charge in [0.25, 0.3) is 11.5 Å². The molecule has 2 heterocycles. The Labute approximate surface area is 123 Å². The van der Waals surface area contributed by atoms with Crippen LogP contribution in [0.2, 0.25) is 0 Å². The van der Waals surface area contributed by atoms with Crippen molar-refractivity contribution in [1.82, 2.24) is 9.88 Å². The van der Waals surface area contributed by atoms with Crippen molar-refractivity contribution in [1.29, 1.82) is 0 Å². The van der Waals surface area contributed by atoms with Crippen molar-refractivity contribution in [3.8, 4) is 0 Å². The summed E-state index contributed by atoms with van der Waals surface area (Å²) >= 11 is 0.